The Morgan fingerprint density at radius 2 is 2.00 bits per heavy atom. The predicted octanol–water partition coefficient (Wildman–Crippen LogP) is 3.16. The number of fused-ring (bicyclic) bond motifs is 1. The van der Waals surface area contributed by atoms with Crippen molar-refractivity contribution >= 4 is 0 Å². The molecular formula is C12H20O. The third kappa shape index (κ3) is 1.67. The SMILES string of the molecule is C=C1CCC2CCCCC2C1OC. The largest absolute Gasteiger partial charge is 0.377 e. The molecule has 0 aliphatic heterocycles. The highest BCUT2D eigenvalue weighted by Gasteiger charge is 2.36. The molecule has 0 heterocycles. The summed E-state index contributed by atoms with van der Waals surface area (Å²) in [5, 5.41) is 0. The van der Waals surface area contributed by atoms with Gasteiger partial charge in [-0.2, -0.15) is 0 Å². The van der Waals surface area contributed by atoms with Gasteiger partial charge in [0.1, 0.15) is 0 Å². The van der Waals surface area contributed by atoms with Crippen LogP contribution in [0.1, 0.15) is 38.5 Å². The minimum absolute atomic E-state index is 0.374. The molecule has 2 aliphatic carbocycles. The van der Waals surface area contributed by atoms with E-state index in [1.807, 2.05) is 7.11 Å². The molecule has 1 heteroatoms. The fourth-order valence-electron chi connectivity index (χ4n) is 3.15. The summed E-state index contributed by atoms with van der Waals surface area (Å²) in [7, 11) is 1.84. The van der Waals surface area contributed by atoms with Gasteiger partial charge in [-0.25, -0.2) is 0 Å². The van der Waals surface area contributed by atoms with Crippen molar-refractivity contribution in [3.63, 3.8) is 0 Å². The number of ether oxygens (including phenoxy) is 1. The summed E-state index contributed by atoms with van der Waals surface area (Å²) in [5.74, 6) is 1.73. The van der Waals surface area contributed by atoms with Gasteiger partial charge in [0.15, 0.2) is 0 Å². The van der Waals surface area contributed by atoms with Crippen LogP contribution in [0.5, 0.6) is 0 Å². The first kappa shape index (κ1) is 9.26. The van der Waals surface area contributed by atoms with E-state index >= 15 is 0 Å². The Bertz CT molecular complexity index is 197. The predicted molar refractivity (Wildman–Crippen MR) is 54.6 cm³/mol. The second kappa shape index (κ2) is 3.83. The molecular weight excluding hydrogens is 160 g/mol. The molecule has 2 rings (SSSR count). The van der Waals surface area contributed by atoms with Crippen molar-refractivity contribution in [2.45, 2.75) is 44.6 Å². The quantitative estimate of drug-likeness (QED) is 0.563. The summed E-state index contributed by atoms with van der Waals surface area (Å²) in [6.07, 6.45) is 8.56. The van der Waals surface area contributed by atoms with Crippen molar-refractivity contribution < 1.29 is 4.74 Å². The Morgan fingerprint density at radius 1 is 1.23 bits per heavy atom. The van der Waals surface area contributed by atoms with Crippen molar-refractivity contribution in [2.24, 2.45) is 11.8 Å². The van der Waals surface area contributed by atoms with Gasteiger partial charge in [0, 0.05) is 7.11 Å². The minimum atomic E-state index is 0.374. The maximum absolute atomic E-state index is 5.57. The minimum Gasteiger partial charge on any atom is -0.377 e. The third-order valence-electron chi connectivity index (χ3n) is 3.85. The van der Waals surface area contributed by atoms with Gasteiger partial charge in [0.25, 0.3) is 0 Å². The van der Waals surface area contributed by atoms with Crippen molar-refractivity contribution in [2.75, 3.05) is 7.11 Å². The number of methoxy groups -OCH3 is 1. The zero-order valence-corrected chi connectivity index (χ0v) is 8.59. The normalized spacial score (nSPS) is 40.1. The highest BCUT2D eigenvalue weighted by molar-refractivity contribution is 5.10. The zero-order valence-electron chi connectivity index (χ0n) is 8.59. The first-order valence-electron chi connectivity index (χ1n) is 5.53. The summed E-state index contributed by atoms with van der Waals surface area (Å²) < 4.78 is 5.57. The van der Waals surface area contributed by atoms with Gasteiger partial charge in [-0.05, 0) is 36.7 Å². The van der Waals surface area contributed by atoms with E-state index in [9.17, 15) is 0 Å². The van der Waals surface area contributed by atoms with Crippen LogP contribution in [-0.4, -0.2) is 13.2 Å². The monoisotopic (exact) mass is 180 g/mol. The van der Waals surface area contributed by atoms with Crippen LogP contribution >= 0.6 is 0 Å². The fraction of sp³-hybridized carbons (Fsp3) is 0.833. The smallest absolute Gasteiger partial charge is 0.0809 e. The van der Waals surface area contributed by atoms with Gasteiger partial charge in [0.05, 0.1) is 6.10 Å². The standard InChI is InChI=1S/C12H20O/c1-9-7-8-10-5-3-4-6-11(10)12(9)13-2/h10-12H,1,3-8H2,2H3. The Kier molecular flexibility index (Phi) is 2.73. The van der Waals surface area contributed by atoms with Crippen molar-refractivity contribution in [1.29, 1.82) is 0 Å². The van der Waals surface area contributed by atoms with Gasteiger partial charge < -0.3 is 4.74 Å². The third-order valence-corrected chi connectivity index (χ3v) is 3.85. The molecule has 0 saturated heterocycles. The molecule has 74 valence electrons. The lowest BCUT2D eigenvalue weighted by Gasteiger charge is -2.41. The van der Waals surface area contributed by atoms with Crippen LogP contribution < -0.4 is 0 Å². The maximum Gasteiger partial charge on any atom is 0.0809 e. The lowest BCUT2D eigenvalue weighted by Crippen LogP contribution is -2.37. The lowest BCUT2D eigenvalue weighted by molar-refractivity contribution is 0.0131. The fourth-order valence-corrected chi connectivity index (χ4v) is 3.15. The van der Waals surface area contributed by atoms with Gasteiger partial charge in [-0.1, -0.05) is 25.8 Å². The van der Waals surface area contributed by atoms with E-state index in [4.69, 9.17) is 4.74 Å². The van der Waals surface area contributed by atoms with Crippen LogP contribution in [0.25, 0.3) is 0 Å². The molecule has 2 saturated carbocycles. The first-order valence-corrected chi connectivity index (χ1v) is 5.53. The molecule has 0 aromatic carbocycles. The topological polar surface area (TPSA) is 9.23 Å². The Labute approximate surface area is 81.2 Å². The Hall–Kier alpha value is -0.300. The highest BCUT2D eigenvalue weighted by atomic mass is 16.5. The maximum atomic E-state index is 5.57. The van der Waals surface area contributed by atoms with Crippen LogP contribution in [0.2, 0.25) is 0 Å². The first-order chi connectivity index (χ1) is 6.33. The Balaban J connectivity index is 2.09. The van der Waals surface area contributed by atoms with E-state index in [1.165, 1.54) is 44.1 Å². The van der Waals surface area contributed by atoms with E-state index in [-0.39, 0.29) is 0 Å². The molecule has 0 amide bonds. The van der Waals surface area contributed by atoms with Crippen molar-refractivity contribution in [1.82, 2.24) is 0 Å². The van der Waals surface area contributed by atoms with Gasteiger partial charge in [0.2, 0.25) is 0 Å². The van der Waals surface area contributed by atoms with E-state index < -0.39 is 0 Å². The van der Waals surface area contributed by atoms with Crippen LogP contribution in [0.3, 0.4) is 0 Å². The van der Waals surface area contributed by atoms with E-state index in [2.05, 4.69) is 6.58 Å². The van der Waals surface area contributed by atoms with Crippen LogP contribution in [0.4, 0.5) is 0 Å². The molecule has 1 nitrogen and oxygen atoms in total. The average molecular weight is 180 g/mol. The summed E-state index contributed by atoms with van der Waals surface area (Å²) >= 11 is 0. The highest BCUT2D eigenvalue weighted by Crippen LogP contribution is 2.43. The second-order valence-corrected chi connectivity index (χ2v) is 4.56. The molecule has 0 spiro atoms. The molecule has 13 heavy (non-hydrogen) atoms. The number of rotatable bonds is 1. The summed E-state index contributed by atoms with van der Waals surface area (Å²) in [5.41, 5.74) is 1.34. The van der Waals surface area contributed by atoms with Crippen LogP contribution in [0, 0.1) is 11.8 Å². The molecule has 3 unspecified atom stereocenters. The molecule has 0 radical (unpaired) electrons. The van der Waals surface area contributed by atoms with Crippen LogP contribution in [0.15, 0.2) is 12.2 Å². The number of hydrogen-bond donors (Lipinski definition) is 0. The molecule has 0 aromatic heterocycles. The average Bonchev–Trinajstić information content (AvgIpc) is 2.18. The van der Waals surface area contributed by atoms with Gasteiger partial charge >= 0.3 is 0 Å². The van der Waals surface area contributed by atoms with E-state index in [0.717, 1.165) is 11.8 Å². The molecule has 2 fully saturated rings. The van der Waals surface area contributed by atoms with E-state index in [0.29, 0.717) is 6.10 Å². The molecule has 0 aromatic rings. The summed E-state index contributed by atoms with van der Waals surface area (Å²) in [6, 6.07) is 0. The van der Waals surface area contributed by atoms with Crippen molar-refractivity contribution in [3.05, 3.63) is 12.2 Å². The molecule has 0 N–H and O–H groups in total. The number of hydrogen-bond acceptors (Lipinski definition) is 1. The van der Waals surface area contributed by atoms with Crippen molar-refractivity contribution in [3.8, 4) is 0 Å². The Morgan fingerprint density at radius 3 is 2.77 bits per heavy atom. The lowest BCUT2D eigenvalue weighted by atomic mass is 9.68. The molecule has 2 aliphatic rings. The summed E-state index contributed by atoms with van der Waals surface area (Å²) in [6.45, 7) is 4.13. The van der Waals surface area contributed by atoms with Gasteiger partial charge in [-0.15, -0.1) is 0 Å². The van der Waals surface area contributed by atoms with E-state index in [1.54, 1.807) is 0 Å². The summed E-state index contributed by atoms with van der Waals surface area (Å²) in [4.78, 5) is 0. The second-order valence-electron chi connectivity index (χ2n) is 4.56. The molecule has 3 atom stereocenters. The zero-order chi connectivity index (χ0) is 9.26. The van der Waals surface area contributed by atoms with Gasteiger partial charge in [-0.3, -0.25) is 0 Å². The molecule has 0 bridgehead atoms. The van der Waals surface area contributed by atoms with Crippen LogP contribution in [-0.2, 0) is 4.74 Å².